The first-order chi connectivity index (χ1) is 11.6. The summed E-state index contributed by atoms with van der Waals surface area (Å²) in [5.41, 5.74) is 4.72. The normalized spacial score (nSPS) is 12.3. The van der Waals surface area contributed by atoms with Crippen molar-refractivity contribution in [3.8, 4) is 0 Å². The molecule has 0 saturated carbocycles. The molecule has 2 aromatic carbocycles. The summed E-state index contributed by atoms with van der Waals surface area (Å²) in [6, 6.07) is 16.7. The molecule has 3 aromatic rings. The topological polar surface area (TPSA) is 48.8 Å². The molecule has 0 radical (unpaired) electrons. The van der Waals surface area contributed by atoms with Crippen molar-refractivity contribution in [3.63, 3.8) is 0 Å². The van der Waals surface area contributed by atoms with Crippen molar-refractivity contribution in [1.82, 2.24) is 10.3 Å². The fourth-order valence-corrected chi connectivity index (χ4v) is 2.95. The molecule has 0 spiro atoms. The van der Waals surface area contributed by atoms with Crippen molar-refractivity contribution in [2.45, 2.75) is 39.8 Å². The zero-order chi connectivity index (χ0) is 17.1. The van der Waals surface area contributed by atoms with Crippen molar-refractivity contribution in [2.24, 2.45) is 0 Å². The summed E-state index contributed by atoms with van der Waals surface area (Å²) in [5.74, 6) is 1.07. The van der Waals surface area contributed by atoms with E-state index >= 15 is 0 Å². The molecular formula is C20H24N3O+. The van der Waals surface area contributed by atoms with Crippen LogP contribution < -0.4 is 9.88 Å². The van der Waals surface area contributed by atoms with Gasteiger partial charge in [-0.25, -0.2) is 9.55 Å². The molecule has 24 heavy (non-hydrogen) atoms. The molecular weight excluding hydrogens is 298 g/mol. The van der Waals surface area contributed by atoms with E-state index in [1.807, 2.05) is 26.0 Å². The number of nitrogens with one attached hydrogen (secondary N) is 2. The second-order valence-corrected chi connectivity index (χ2v) is 6.24. The lowest BCUT2D eigenvalue weighted by Crippen LogP contribution is -2.42. The molecule has 1 unspecified atom stereocenters. The average Bonchev–Trinajstić information content (AvgIpc) is 2.95. The molecule has 0 aliphatic rings. The van der Waals surface area contributed by atoms with E-state index in [1.54, 1.807) is 0 Å². The van der Waals surface area contributed by atoms with Gasteiger partial charge in [-0.05, 0) is 31.5 Å². The number of para-hydroxylation sites is 2. The Morgan fingerprint density at radius 1 is 1.17 bits per heavy atom. The quantitative estimate of drug-likeness (QED) is 0.695. The summed E-state index contributed by atoms with van der Waals surface area (Å²) in [6.45, 7) is 6.75. The third-order valence-electron chi connectivity index (χ3n) is 4.32. The maximum atomic E-state index is 11.8. The number of aromatic nitrogens is 2. The molecule has 1 heterocycles. The maximum absolute atomic E-state index is 11.8. The number of hydrogen-bond acceptors (Lipinski definition) is 1. The number of fused-ring (bicyclic) bond motifs is 1. The Balaban J connectivity index is 2.01. The SMILES string of the molecule is CCC(=O)NC(C)c1[nH]c2ccccc2[n+]1Cc1ccc(C)cc1. The molecule has 0 aliphatic heterocycles. The van der Waals surface area contributed by atoms with Gasteiger partial charge in [-0.15, -0.1) is 0 Å². The van der Waals surface area contributed by atoms with Crippen LogP contribution >= 0.6 is 0 Å². The summed E-state index contributed by atoms with van der Waals surface area (Å²) in [6.07, 6.45) is 0.489. The van der Waals surface area contributed by atoms with E-state index in [4.69, 9.17) is 0 Å². The number of imidazole rings is 1. The Morgan fingerprint density at radius 2 is 1.88 bits per heavy atom. The van der Waals surface area contributed by atoms with Crippen LogP contribution in [0.15, 0.2) is 48.5 Å². The van der Waals surface area contributed by atoms with E-state index in [-0.39, 0.29) is 11.9 Å². The Kier molecular flexibility index (Phi) is 4.65. The minimum absolute atomic E-state index is 0.0584. The monoisotopic (exact) mass is 322 g/mol. The van der Waals surface area contributed by atoms with Crippen LogP contribution in [0.1, 0.15) is 43.3 Å². The highest BCUT2D eigenvalue weighted by Gasteiger charge is 2.24. The Morgan fingerprint density at radius 3 is 2.58 bits per heavy atom. The van der Waals surface area contributed by atoms with E-state index in [1.165, 1.54) is 11.1 Å². The molecule has 1 amide bonds. The number of H-pyrrole nitrogens is 1. The van der Waals surface area contributed by atoms with Gasteiger partial charge in [-0.2, -0.15) is 0 Å². The highest BCUT2D eigenvalue weighted by molar-refractivity contribution is 5.76. The number of amides is 1. The first-order valence-electron chi connectivity index (χ1n) is 8.44. The first-order valence-corrected chi connectivity index (χ1v) is 8.44. The van der Waals surface area contributed by atoms with Crippen molar-refractivity contribution in [1.29, 1.82) is 0 Å². The van der Waals surface area contributed by atoms with Gasteiger partial charge in [0.15, 0.2) is 11.0 Å². The van der Waals surface area contributed by atoms with Crippen molar-refractivity contribution < 1.29 is 9.36 Å². The zero-order valence-electron chi connectivity index (χ0n) is 14.5. The smallest absolute Gasteiger partial charge is 0.278 e. The highest BCUT2D eigenvalue weighted by Crippen LogP contribution is 2.15. The first kappa shape index (κ1) is 16.2. The Labute approximate surface area is 142 Å². The fraction of sp³-hybridized carbons (Fsp3) is 0.300. The predicted molar refractivity (Wildman–Crippen MR) is 95.6 cm³/mol. The van der Waals surface area contributed by atoms with Gasteiger partial charge >= 0.3 is 0 Å². The molecule has 2 N–H and O–H groups in total. The average molecular weight is 322 g/mol. The Hall–Kier alpha value is -2.62. The summed E-state index contributed by atoms with van der Waals surface area (Å²) < 4.78 is 2.25. The molecule has 0 saturated heterocycles. The van der Waals surface area contributed by atoms with Crippen LogP contribution in [0.2, 0.25) is 0 Å². The number of carbonyl (C=O) groups excluding carboxylic acids is 1. The van der Waals surface area contributed by atoms with Crippen LogP contribution in [-0.4, -0.2) is 10.9 Å². The van der Waals surface area contributed by atoms with Gasteiger partial charge in [-0.1, -0.05) is 48.9 Å². The third-order valence-corrected chi connectivity index (χ3v) is 4.32. The zero-order valence-corrected chi connectivity index (χ0v) is 14.5. The minimum atomic E-state index is -0.0738. The van der Waals surface area contributed by atoms with Gasteiger partial charge in [0.1, 0.15) is 12.6 Å². The van der Waals surface area contributed by atoms with Gasteiger partial charge in [0.25, 0.3) is 5.82 Å². The lowest BCUT2D eigenvalue weighted by molar-refractivity contribution is -0.671. The summed E-state index contributed by atoms with van der Waals surface area (Å²) in [4.78, 5) is 15.3. The molecule has 1 atom stereocenters. The maximum Gasteiger partial charge on any atom is 0.278 e. The van der Waals surface area contributed by atoms with Crippen LogP contribution in [0.3, 0.4) is 0 Å². The van der Waals surface area contributed by atoms with Gasteiger partial charge in [0, 0.05) is 6.42 Å². The lowest BCUT2D eigenvalue weighted by atomic mass is 10.1. The number of nitrogens with zero attached hydrogens (tertiary/aromatic N) is 1. The summed E-state index contributed by atoms with van der Waals surface area (Å²) in [7, 11) is 0. The summed E-state index contributed by atoms with van der Waals surface area (Å²) >= 11 is 0. The van der Waals surface area contributed by atoms with Crippen LogP contribution in [0, 0.1) is 6.92 Å². The standard InChI is InChI=1S/C20H23N3O/c1-4-19(24)21-15(3)20-22-17-7-5-6-8-18(17)23(20)13-16-11-9-14(2)10-12-16/h5-12,15H,4,13H2,1-3H3,(H,21,24)/p+1. The summed E-state index contributed by atoms with van der Waals surface area (Å²) in [5, 5.41) is 3.05. The lowest BCUT2D eigenvalue weighted by Gasteiger charge is -2.11. The number of aryl methyl sites for hydroxylation is 1. The number of carbonyl (C=O) groups is 1. The van der Waals surface area contributed by atoms with Crippen LogP contribution in [0.4, 0.5) is 0 Å². The number of aromatic amines is 1. The molecule has 124 valence electrons. The van der Waals surface area contributed by atoms with Crippen LogP contribution in [0.5, 0.6) is 0 Å². The number of rotatable bonds is 5. The number of benzene rings is 2. The van der Waals surface area contributed by atoms with Gasteiger partial charge in [0.05, 0.1) is 0 Å². The minimum Gasteiger partial charge on any atom is -0.342 e. The molecule has 3 rings (SSSR count). The van der Waals surface area contributed by atoms with Crippen LogP contribution in [-0.2, 0) is 11.3 Å². The Bertz CT molecular complexity index is 849. The molecule has 1 aromatic heterocycles. The van der Waals surface area contributed by atoms with Gasteiger partial charge in [-0.3, -0.25) is 4.79 Å². The van der Waals surface area contributed by atoms with Gasteiger partial charge < -0.3 is 5.32 Å². The highest BCUT2D eigenvalue weighted by atomic mass is 16.1. The molecule has 4 heteroatoms. The number of hydrogen-bond donors (Lipinski definition) is 2. The largest absolute Gasteiger partial charge is 0.342 e. The van der Waals surface area contributed by atoms with Crippen LogP contribution in [0.25, 0.3) is 11.0 Å². The fourth-order valence-electron chi connectivity index (χ4n) is 2.95. The molecule has 0 aliphatic carbocycles. The second kappa shape index (κ2) is 6.87. The van der Waals surface area contributed by atoms with E-state index in [9.17, 15) is 4.79 Å². The third kappa shape index (κ3) is 3.32. The second-order valence-electron chi connectivity index (χ2n) is 6.24. The van der Waals surface area contributed by atoms with Crippen molar-refractivity contribution in [2.75, 3.05) is 0 Å². The molecule has 0 bridgehead atoms. The molecule has 4 nitrogen and oxygen atoms in total. The van der Waals surface area contributed by atoms with Gasteiger partial charge in [0.2, 0.25) is 5.91 Å². The van der Waals surface area contributed by atoms with E-state index in [2.05, 4.69) is 58.2 Å². The van der Waals surface area contributed by atoms with Crippen molar-refractivity contribution in [3.05, 3.63) is 65.5 Å². The predicted octanol–water partition coefficient (Wildman–Crippen LogP) is 3.40. The van der Waals surface area contributed by atoms with E-state index < -0.39 is 0 Å². The van der Waals surface area contributed by atoms with E-state index in [0.29, 0.717) is 6.42 Å². The molecule has 0 fully saturated rings. The van der Waals surface area contributed by atoms with Crippen molar-refractivity contribution >= 4 is 16.9 Å². The van der Waals surface area contributed by atoms with E-state index in [0.717, 1.165) is 23.4 Å².